The summed E-state index contributed by atoms with van der Waals surface area (Å²) in [5, 5.41) is 0. The highest BCUT2D eigenvalue weighted by Gasteiger charge is 2.37. The van der Waals surface area contributed by atoms with E-state index in [1.807, 2.05) is 12.1 Å². The molecule has 0 radical (unpaired) electrons. The van der Waals surface area contributed by atoms with Crippen LogP contribution in [-0.4, -0.2) is 5.92 Å². The molecule has 1 saturated carbocycles. The first-order valence-electron chi connectivity index (χ1n) is 7.12. The smallest absolute Gasteiger partial charge is 0.248 e. The van der Waals surface area contributed by atoms with Crippen LogP contribution in [0.5, 0.6) is 0 Å². The maximum Gasteiger partial charge on any atom is 0.248 e. The molecule has 3 heteroatoms. The maximum absolute atomic E-state index is 13.1. The van der Waals surface area contributed by atoms with Gasteiger partial charge in [-0.2, -0.15) is 0 Å². The molecule has 1 atom stereocenters. The summed E-state index contributed by atoms with van der Waals surface area (Å²) in [6, 6.07) is 8.17. The summed E-state index contributed by atoms with van der Waals surface area (Å²) in [7, 11) is 0. The second-order valence-electron chi connectivity index (χ2n) is 6.04. The van der Waals surface area contributed by atoms with Gasteiger partial charge in [0.2, 0.25) is 5.92 Å². The molecule has 1 nitrogen and oxygen atoms in total. The zero-order valence-corrected chi connectivity index (χ0v) is 11.7. The van der Waals surface area contributed by atoms with Crippen LogP contribution in [0.1, 0.15) is 62.6 Å². The number of hydrogen-bond donors (Lipinski definition) is 1. The number of alkyl halides is 2. The van der Waals surface area contributed by atoms with Crippen molar-refractivity contribution in [2.24, 2.45) is 11.7 Å². The van der Waals surface area contributed by atoms with Crippen LogP contribution in [0.2, 0.25) is 0 Å². The zero-order valence-electron chi connectivity index (χ0n) is 11.7. The van der Waals surface area contributed by atoms with Crippen molar-refractivity contribution >= 4 is 0 Å². The third-order valence-corrected chi connectivity index (χ3v) is 4.26. The first-order chi connectivity index (χ1) is 8.89. The Morgan fingerprint density at radius 1 is 1.05 bits per heavy atom. The zero-order chi connectivity index (χ0) is 14.0. The lowest BCUT2D eigenvalue weighted by Gasteiger charge is -2.32. The Hall–Kier alpha value is -0.960. The van der Waals surface area contributed by atoms with Gasteiger partial charge in [-0.1, -0.05) is 38.1 Å². The summed E-state index contributed by atoms with van der Waals surface area (Å²) < 4.78 is 26.3. The van der Waals surface area contributed by atoms with Gasteiger partial charge < -0.3 is 5.73 Å². The summed E-state index contributed by atoms with van der Waals surface area (Å²) in [5.74, 6) is -1.79. The quantitative estimate of drug-likeness (QED) is 0.848. The second-order valence-corrected chi connectivity index (χ2v) is 6.04. The van der Waals surface area contributed by atoms with Crippen LogP contribution in [0.15, 0.2) is 24.3 Å². The van der Waals surface area contributed by atoms with Crippen LogP contribution in [0.4, 0.5) is 8.78 Å². The average molecular weight is 267 g/mol. The van der Waals surface area contributed by atoms with Crippen molar-refractivity contribution in [1.82, 2.24) is 0 Å². The normalized spacial score (nSPS) is 21.6. The summed E-state index contributed by atoms with van der Waals surface area (Å²) in [5.41, 5.74) is 8.59. The molecular formula is C16H23F2N. The fourth-order valence-electron chi connectivity index (χ4n) is 2.80. The number of benzene rings is 1. The minimum atomic E-state index is -2.47. The number of nitrogens with two attached hydrogens (primary N) is 1. The monoisotopic (exact) mass is 267 g/mol. The number of rotatable bonds is 3. The Bertz CT molecular complexity index is 401. The minimum absolute atomic E-state index is 0.0184. The molecule has 0 bridgehead atoms. The Kier molecular flexibility index (Phi) is 4.24. The molecule has 1 unspecified atom stereocenters. The van der Waals surface area contributed by atoms with Crippen LogP contribution in [0, 0.1) is 5.92 Å². The van der Waals surface area contributed by atoms with Crippen LogP contribution >= 0.6 is 0 Å². The van der Waals surface area contributed by atoms with Crippen molar-refractivity contribution in [1.29, 1.82) is 0 Å². The van der Waals surface area contributed by atoms with Gasteiger partial charge in [-0.3, -0.25) is 0 Å². The summed E-state index contributed by atoms with van der Waals surface area (Å²) >= 11 is 0. The van der Waals surface area contributed by atoms with Gasteiger partial charge in [0, 0.05) is 18.9 Å². The van der Waals surface area contributed by atoms with Gasteiger partial charge >= 0.3 is 0 Å². The van der Waals surface area contributed by atoms with Crippen LogP contribution in [0.3, 0.4) is 0 Å². The lowest BCUT2D eigenvalue weighted by Crippen LogP contribution is -2.30. The third kappa shape index (κ3) is 3.53. The molecule has 1 aromatic carbocycles. The van der Waals surface area contributed by atoms with Gasteiger partial charge in [-0.05, 0) is 35.8 Å². The number of halogens is 2. The van der Waals surface area contributed by atoms with Crippen molar-refractivity contribution in [2.45, 2.75) is 57.4 Å². The van der Waals surface area contributed by atoms with E-state index in [2.05, 4.69) is 26.0 Å². The van der Waals surface area contributed by atoms with Gasteiger partial charge in [0.25, 0.3) is 0 Å². The molecule has 2 rings (SSSR count). The van der Waals surface area contributed by atoms with E-state index in [0.29, 0.717) is 18.8 Å². The average Bonchev–Trinajstić information content (AvgIpc) is 2.38. The molecule has 0 saturated heterocycles. The molecule has 2 N–H and O–H groups in total. The molecule has 19 heavy (non-hydrogen) atoms. The fraction of sp³-hybridized carbons (Fsp3) is 0.625. The first kappa shape index (κ1) is 14.4. The van der Waals surface area contributed by atoms with Crippen LogP contribution in [0.25, 0.3) is 0 Å². The number of hydrogen-bond acceptors (Lipinski definition) is 1. The van der Waals surface area contributed by atoms with Gasteiger partial charge in [0.15, 0.2) is 0 Å². The third-order valence-electron chi connectivity index (χ3n) is 4.26. The summed E-state index contributed by atoms with van der Waals surface area (Å²) in [6.07, 6.45) is 1.02. The molecular weight excluding hydrogens is 244 g/mol. The Labute approximate surface area is 114 Å². The predicted octanol–water partition coefficient (Wildman–Crippen LogP) is 4.64. The van der Waals surface area contributed by atoms with E-state index in [0.717, 1.165) is 5.56 Å². The molecule has 1 aliphatic rings. The topological polar surface area (TPSA) is 26.0 Å². The predicted molar refractivity (Wildman–Crippen MR) is 74.4 cm³/mol. The molecule has 0 spiro atoms. The highest BCUT2D eigenvalue weighted by atomic mass is 19.3. The lowest BCUT2D eigenvalue weighted by molar-refractivity contribution is -0.0483. The molecule has 0 aromatic heterocycles. The van der Waals surface area contributed by atoms with Crippen LogP contribution < -0.4 is 5.73 Å². The van der Waals surface area contributed by atoms with Crippen LogP contribution in [-0.2, 0) is 0 Å². The molecule has 0 amide bonds. The van der Waals surface area contributed by atoms with Crippen molar-refractivity contribution < 1.29 is 8.78 Å². The largest absolute Gasteiger partial charge is 0.324 e. The van der Waals surface area contributed by atoms with E-state index in [9.17, 15) is 8.78 Å². The van der Waals surface area contributed by atoms with Crippen molar-refractivity contribution in [3.8, 4) is 0 Å². The van der Waals surface area contributed by atoms with E-state index in [1.165, 1.54) is 5.56 Å². The first-order valence-corrected chi connectivity index (χ1v) is 7.12. The molecule has 1 aromatic rings. The maximum atomic E-state index is 13.1. The van der Waals surface area contributed by atoms with E-state index in [1.54, 1.807) is 0 Å². The molecule has 106 valence electrons. The van der Waals surface area contributed by atoms with Gasteiger partial charge in [-0.25, -0.2) is 8.78 Å². The van der Waals surface area contributed by atoms with E-state index in [4.69, 9.17) is 5.73 Å². The van der Waals surface area contributed by atoms with E-state index < -0.39 is 5.92 Å². The molecule has 1 fully saturated rings. The summed E-state index contributed by atoms with van der Waals surface area (Å²) in [4.78, 5) is 0. The lowest BCUT2D eigenvalue weighted by atomic mass is 9.80. The van der Waals surface area contributed by atoms with Gasteiger partial charge in [-0.15, -0.1) is 0 Å². The molecule has 0 heterocycles. The Balaban J connectivity index is 2.02. The van der Waals surface area contributed by atoms with Gasteiger partial charge in [0.05, 0.1) is 0 Å². The van der Waals surface area contributed by atoms with E-state index in [-0.39, 0.29) is 24.8 Å². The standard InChI is InChI=1S/C16H23F2N/c1-11(2)12-3-5-13(6-4-12)15(19)14-7-9-16(17,18)10-8-14/h3-6,11,14-15H,7-10,19H2,1-2H3. The second kappa shape index (κ2) is 5.58. The molecule has 1 aliphatic carbocycles. The van der Waals surface area contributed by atoms with Gasteiger partial charge in [0.1, 0.15) is 0 Å². The highest BCUT2D eigenvalue weighted by Crippen LogP contribution is 2.40. The fourth-order valence-corrected chi connectivity index (χ4v) is 2.80. The summed E-state index contributed by atoms with van der Waals surface area (Å²) in [6.45, 7) is 4.30. The van der Waals surface area contributed by atoms with E-state index >= 15 is 0 Å². The highest BCUT2D eigenvalue weighted by molar-refractivity contribution is 5.27. The Morgan fingerprint density at radius 3 is 2.00 bits per heavy atom. The van der Waals surface area contributed by atoms with Crippen molar-refractivity contribution in [2.75, 3.05) is 0 Å². The Morgan fingerprint density at radius 2 is 1.53 bits per heavy atom. The SMILES string of the molecule is CC(C)c1ccc(C(N)C2CCC(F)(F)CC2)cc1. The molecule has 0 aliphatic heterocycles. The minimum Gasteiger partial charge on any atom is -0.324 e. The van der Waals surface area contributed by atoms with Crippen molar-refractivity contribution in [3.05, 3.63) is 35.4 Å². The van der Waals surface area contributed by atoms with Crippen molar-refractivity contribution in [3.63, 3.8) is 0 Å².